The molecule has 1 aliphatic carbocycles. The van der Waals surface area contributed by atoms with E-state index in [2.05, 4.69) is 10.6 Å². The highest BCUT2D eigenvalue weighted by Crippen LogP contribution is 2.18. The molecule has 0 spiro atoms. The Morgan fingerprint density at radius 3 is 2.55 bits per heavy atom. The third-order valence-corrected chi connectivity index (χ3v) is 2.86. The molecule has 1 amide bonds. The third-order valence-electron chi connectivity index (χ3n) is 2.86. The van der Waals surface area contributed by atoms with Crippen molar-refractivity contribution in [3.8, 4) is 5.75 Å². The molecule has 0 unspecified atom stereocenters. The number of hydrogen-bond acceptors (Lipinski definition) is 4. The van der Waals surface area contributed by atoms with Crippen molar-refractivity contribution in [1.29, 1.82) is 0 Å². The van der Waals surface area contributed by atoms with Crippen molar-refractivity contribution in [2.24, 2.45) is 0 Å². The predicted molar refractivity (Wildman–Crippen MR) is 73.8 cm³/mol. The molecule has 0 bridgehead atoms. The number of carboxylic acid groups (broad SMARTS) is 1. The summed E-state index contributed by atoms with van der Waals surface area (Å²) in [5.74, 6) is -0.608. The summed E-state index contributed by atoms with van der Waals surface area (Å²) < 4.78 is 5.00. The maximum absolute atomic E-state index is 11.7. The number of ether oxygens (including phenoxy) is 1. The zero-order valence-corrected chi connectivity index (χ0v) is 11.1. The van der Waals surface area contributed by atoms with E-state index in [0.29, 0.717) is 30.4 Å². The van der Waals surface area contributed by atoms with Gasteiger partial charge in [0.25, 0.3) is 0 Å². The largest absolute Gasteiger partial charge is 0.482 e. The van der Waals surface area contributed by atoms with Crippen molar-refractivity contribution < 1.29 is 19.4 Å². The average Bonchev–Trinajstić information content (AvgIpc) is 3.22. The van der Waals surface area contributed by atoms with Crippen LogP contribution < -0.4 is 15.4 Å². The van der Waals surface area contributed by atoms with Crippen LogP contribution in [0.2, 0.25) is 0 Å². The minimum absolute atomic E-state index is 0.0441. The summed E-state index contributed by atoms with van der Waals surface area (Å²) >= 11 is 0. The zero-order chi connectivity index (χ0) is 14.4. The Bertz CT molecular complexity index is 469. The van der Waals surface area contributed by atoms with E-state index in [4.69, 9.17) is 9.84 Å². The lowest BCUT2D eigenvalue weighted by Gasteiger charge is -2.07. The van der Waals surface area contributed by atoms with Crippen LogP contribution >= 0.6 is 0 Å². The van der Waals surface area contributed by atoms with E-state index in [-0.39, 0.29) is 12.5 Å². The molecule has 1 aromatic rings. The molecule has 0 radical (unpaired) electrons. The summed E-state index contributed by atoms with van der Waals surface area (Å²) in [6.45, 7) is 0.314. The van der Waals surface area contributed by atoms with Crippen molar-refractivity contribution in [3.63, 3.8) is 0 Å². The quantitative estimate of drug-likeness (QED) is 0.665. The molecule has 0 atom stereocenters. The maximum Gasteiger partial charge on any atom is 0.341 e. The van der Waals surface area contributed by atoms with Crippen molar-refractivity contribution >= 4 is 17.6 Å². The fourth-order valence-electron chi connectivity index (χ4n) is 1.68. The number of hydrogen-bond donors (Lipinski definition) is 3. The number of aliphatic carboxylic acids is 1. The topological polar surface area (TPSA) is 87.7 Å². The average molecular weight is 278 g/mol. The van der Waals surface area contributed by atoms with E-state index in [0.717, 1.165) is 0 Å². The second-order valence-electron chi connectivity index (χ2n) is 4.73. The van der Waals surface area contributed by atoms with Crippen LogP contribution in [0, 0.1) is 0 Å². The first-order valence-corrected chi connectivity index (χ1v) is 6.61. The lowest BCUT2D eigenvalue weighted by atomic mass is 10.3. The highest BCUT2D eigenvalue weighted by molar-refractivity contribution is 5.90. The number of carboxylic acids is 1. The lowest BCUT2D eigenvalue weighted by molar-refractivity contribution is -0.139. The van der Waals surface area contributed by atoms with Gasteiger partial charge in [-0.1, -0.05) is 0 Å². The monoisotopic (exact) mass is 278 g/mol. The molecule has 0 heterocycles. The molecule has 1 aliphatic rings. The van der Waals surface area contributed by atoms with Gasteiger partial charge in [0, 0.05) is 24.7 Å². The SMILES string of the molecule is O=C(O)COc1ccc(NC(=O)CCNC2CC2)cc1. The summed E-state index contributed by atoms with van der Waals surface area (Å²) in [6.07, 6.45) is 2.85. The van der Waals surface area contributed by atoms with Gasteiger partial charge in [0.15, 0.2) is 6.61 Å². The van der Waals surface area contributed by atoms with Crippen LogP contribution in [0.25, 0.3) is 0 Å². The first-order valence-electron chi connectivity index (χ1n) is 6.61. The minimum Gasteiger partial charge on any atom is -0.482 e. The van der Waals surface area contributed by atoms with Crippen LogP contribution in [0.4, 0.5) is 5.69 Å². The Hall–Kier alpha value is -2.08. The highest BCUT2D eigenvalue weighted by atomic mass is 16.5. The highest BCUT2D eigenvalue weighted by Gasteiger charge is 2.20. The fraction of sp³-hybridized carbons (Fsp3) is 0.429. The number of benzene rings is 1. The van der Waals surface area contributed by atoms with Crippen LogP contribution in [-0.2, 0) is 9.59 Å². The number of nitrogens with one attached hydrogen (secondary N) is 2. The van der Waals surface area contributed by atoms with E-state index in [9.17, 15) is 9.59 Å². The van der Waals surface area contributed by atoms with Gasteiger partial charge < -0.3 is 20.5 Å². The number of amides is 1. The summed E-state index contributed by atoms with van der Waals surface area (Å²) in [7, 11) is 0. The second kappa shape index (κ2) is 6.91. The van der Waals surface area contributed by atoms with Gasteiger partial charge >= 0.3 is 5.97 Å². The molecular formula is C14H18N2O4. The Kier molecular flexibility index (Phi) is 4.95. The standard InChI is InChI=1S/C14H18N2O4/c17-13(7-8-15-10-1-2-10)16-11-3-5-12(6-4-11)20-9-14(18)19/h3-6,10,15H,1-2,7-9H2,(H,16,17)(H,18,19). The molecule has 0 aromatic heterocycles. The van der Waals surface area contributed by atoms with Gasteiger partial charge in [-0.3, -0.25) is 4.79 Å². The fourth-order valence-corrected chi connectivity index (χ4v) is 1.68. The van der Waals surface area contributed by atoms with Gasteiger partial charge in [0.05, 0.1) is 0 Å². The predicted octanol–water partition coefficient (Wildman–Crippen LogP) is 1.23. The molecule has 6 nitrogen and oxygen atoms in total. The van der Waals surface area contributed by atoms with Gasteiger partial charge in [-0.05, 0) is 37.1 Å². The third kappa shape index (κ3) is 5.27. The Morgan fingerprint density at radius 2 is 1.95 bits per heavy atom. The minimum atomic E-state index is -1.02. The summed E-state index contributed by atoms with van der Waals surface area (Å²) in [4.78, 5) is 22.0. The van der Waals surface area contributed by atoms with Crippen molar-refractivity contribution in [2.75, 3.05) is 18.5 Å². The van der Waals surface area contributed by atoms with Gasteiger partial charge in [0.1, 0.15) is 5.75 Å². The van der Waals surface area contributed by atoms with Crippen LogP contribution in [0.3, 0.4) is 0 Å². The zero-order valence-electron chi connectivity index (χ0n) is 11.1. The molecule has 0 saturated heterocycles. The van der Waals surface area contributed by atoms with Gasteiger partial charge in [-0.2, -0.15) is 0 Å². The molecule has 1 aromatic carbocycles. The van der Waals surface area contributed by atoms with E-state index in [1.807, 2.05) is 0 Å². The first kappa shape index (κ1) is 14.3. The van der Waals surface area contributed by atoms with Gasteiger partial charge in [-0.15, -0.1) is 0 Å². The van der Waals surface area contributed by atoms with Crippen LogP contribution in [0.1, 0.15) is 19.3 Å². The second-order valence-corrected chi connectivity index (χ2v) is 4.73. The van der Waals surface area contributed by atoms with E-state index in [1.54, 1.807) is 24.3 Å². The van der Waals surface area contributed by atoms with E-state index in [1.165, 1.54) is 12.8 Å². The van der Waals surface area contributed by atoms with Gasteiger partial charge in [-0.25, -0.2) is 4.79 Å². The number of rotatable bonds is 8. The van der Waals surface area contributed by atoms with Crippen molar-refractivity contribution in [2.45, 2.75) is 25.3 Å². The first-order chi connectivity index (χ1) is 9.63. The normalized spacial score (nSPS) is 13.8. The molecule has 1 fully saturated rings. The van der Waals surface area contributed by atoms with E-state index >= 15 is 0 Å². The number of carbonyl (C=O) groups excluding carboxylic acids is 1. The lowest BCUT2D eigenvalue weighted by Crippen LogP contribution is -2.23. The number of carbonyl (C=O) groups is 2. The number of anilines is 1. The summed E-state index contributed by atoms with van der Waals surface area (Å²) in [6, 6.07) is 7.22. The molecule has 3 N–H and O–H groups in total. The molecular weight excluding hydrogens is 260 g/mol. The maximum atomic E-state index is 11.7. The Morgan fingerprint density at radius 1 is 1.25 bits per heavy atom. The molecule has 1 saturated carbocycles. The van der Waals surface area contributed by atoms with Crippen LogP contribution in [-0.4, -0.2) is 36.2 Å². The molecule has 20 heavy (non-hydrogen) atoms. The van der Waals surface area contributed by atoms with Crippen molar-refractivity contribution in [1.82, 2.24) is 5.32 Å². The van der Waals surface area contributed by atoms with Gasteiger partial charge in [0.2, 0.25) is 5.91 Å². The van der Waals surface area contributed by atoms with Crippen LogP contribution in [0.5, 0.6) is 5.75 Å². The van der Waals surface area contributed by atoms with Crippen LogP contribution in [0.15, 0.2) is 24.3 Å². The summed E-state index contributed by atoms with van der Waals surface area (Å²) in [5, 5.41) is 14.5. The Balaban J connectivity index is 1.71. The van der Waals surface area contributed by atoms with E-state index < -0.39 is 5.97 Å². The molecule has 108 valence electrons. The summed E-state index contributed by atoms with van der Waals surface area (Å²) in [5.41, 5.74) is 0.670. The molecule has 0 aliphatic heterocycles. The Labute approximate surface area is 117 Å². The molecule has 6 heteroatoms. The van der Waals surface area contributed by atoms with Crippen molar-refractivity contribution in [3.05, 3.63) is 24.3 Å². The smallest absolute Gasteiger partial charge is 0.341 e. The molecule has 2 rings (SSSR count).